The van der Waals surface area contributed by atoms with E-state index >= 15 is 0 Å². The van der Waals surface area contributed by atoms with E-state index in [1.807, 2.05) is 10.7 Å². The van der Waals surface area contributed by atoms with Crippen LogP contribution in [0.5, 0.6) is 0 Å². The van der Waals surface area contributed by atoms with Crippen molar-refractivity contribution in [1.82, 2.24) is 24.4 Å². The van der Waals surface area contributed by atoms with E-state index in [4.69, 9.17) is 4.74 Å². The van der Waals surface area contributed by atoms with Crippen LogP contribution in [0.2, 0.25) is 0 Å². The van der Waals surface area contributed by atoms with Gasteiger partial charge in [-0.1, -0.05) is 0 Å². The quantitative estimate of drug-likeness (QED) is 0.804. The standard InChI is InChI=1S/C15H21N5O/c1-18-5-13-7-19(8-14(18)10-21-9-13)6-12-2-3-20-15(4-12)16-11-17-20/h2-4,11,13-14H,5-10H2,1H3/t13-,14+/m1/s1. The van der Waals surface area contributed by atoms with Gasteiger partial charge in [0.15, 0.2) is 5.65 Å². The van der Waals surface area contributed by atoms with Gasteiger partial charge < -0.3 is 4.74 Å². The highest BCUT2D eigenvalue weighted by Crippen LogP contribution is 2.20. The van der Waals surface area contributed by atoms with Crippen molar-refractivity contribution in [3.05, 3.63) is 30.2 Å². The summed E-state index contributed by atoms with van der Waals surface area (Å²) >= 11 is 0. The Balaban J connectivity index is 1.53. The normalized spacial score (nSPS) is 27.9. The molecule has 2 bridgehead atoms. The second kappa shape index (κ2) is 5.36. The molecule has 112 valence electrons. The van der Waals surface area contributed by atoms with E-state index in [1.54, 1.807) is 6.33 Å². The topological polar surface area (TPSA) is 45.9 Å². The number of hydrogen-bond acceptors (Lipinski definition) is 5. The number of pyridine rings is 1. The molecule has 2 aromatic rings. The van der Waals surface area contributed by atoms with Crippen molar-refractivity contribution in [3.63, 3.8) is 0 Å². The molecule has 21 heavy (non-hydrogen) atoms. The number of ether oxygens (including phenoxy) is 1. The summed E-state index contributed by atoms with van der Waals surface area (Å²) < 4.78 is 7.60. The Morgan fingerprint density at radius 3 is 3.19 bits per heavy atom. The molecule has 2 aliphatic rings. The molecular weight excluding hydrogens is 266 g/mol. The molecule has 0 aromatic carbocycles. The maximum Gasteiger partial charge on any atom is 0.155 e. The molecule has 0 N–H and O–H groups in total. The van der Waals surface area contributed by atoms with E-state index < -0.39 is 0 Å². The second-order valence-electron chi connectivity index (χ2n) is 6.29. The van der Waals surface area contributed by atoms with Crippen molar-refractivity contribution in [1.29, 1.82) is 0 Å². The van der Waals surface area contributed by atoms with E-state index in [0.717, 1.165) is 45.0 Å². The minimum Gasteiger partial charge on any atom is -0.379 e. The van der Waals surface area contributed by atoms with Crippen LogP contribution in [0.15, 0.2) is 24.7 Å². The van der Waals surface area contributed by atoms with Gasteiger partial charge in [0.1, 0.15) is 6.33 Å². The SMILES string of the molecule is CN1C[C@H]2COC[C@@H]1CN(Cc1ccn3ncnc3c1)C2. The van der Waals surface area contributed by atoms with Gasteiger partial charge >= 0.3 is 0 Å². The van der Waals surface area contributed by atoms with Crippen LogP contribution in [0.1, 0.15) is 5.56 Å². The minimum absolute atomic E-state index is 0.509. The van der Waals surface area contributed by atoms with Gasteiger partial charge in [0.05, 0.1) is 13.2 Å². The molecule has 2 aromatic heterocycles. The summed E-state index contributed by atoms with van der Waals surface area (Å²) in [4.78, 5) is 9.28. The van der Waals surface area contributed by atoms with Crippen LogP contribution in [0.3, 0.4) is 0 Å². The van der Waals surface area contributed by atoms with Gasteiger partial charge in [-0.25, -0.2) is 9.50 Å². The minimum atomic E-state index is 0.509. The fourth-order valence-electron chi connectivity index (χ4n) is 3.49. The number of likely N-dealkylation sites (N-methyl/N-ethyl adjacent to an activating group) is 1. The monoisotopic (exact) mass is 287 g/mol. The molecule has 2 atom stereocenters. The first kappa shape index (κ1) is 13.2. The second-order valence-corrected chi connectivity index (χ2v) is 6.29. The molecule has 0 unspecified atom stereocenters. The highest BCUT2D eigenvalue weighted by molar-refractivity contribution is 5.39. The lowest BCUT2D eigenvalue weighted by atomic mass is 10.1. The van der Waals surface area contributed by atoms with Crippen LogP contribution in [-0.2, 0) is 11.3 Å². The third kappa shape index (κ3) is 2.66. The number of hydrogen-bond donors (Lipinski definition) is 0. The van der Waals surface area contributed by atoms with Crippen LogP contribution >= 0.6 is 0 Å². The van der Waals surface area contributed by atoms with Crippen molar-refractivity contribution >= 4 is 5.65 Å². The lowest BCUT2D eigenvalue weighted by Crippen LogP contribution is -2.41. The molecule has 6 nitrogen and oxygen atoms in total. The number of nitrogens with zero attached hydrogens (tertiary/aromatic N) is 5. The fraction of sp³-hybridized carbons (Fsp3) is 0.600. The van der Waals surface area contributed by atoms with E-state index in [1.165, 1.54) is 5.56 Å². The molecule has 0 spiro atoms. The van der Waals surface area contributed by atoms with Crippen LogP contribution in [0, 0.1) is 5.92 Å². The lowest BCUT2D eigenvalue weighted by molar-refractivity contribution is 0.0516. The molecular formula is C15H21N5O. The Bertz CT molecular complexity index is 627. The predicted octanol–water partition coefficient (Wildman–Crippen LogP) is 0.492. The summed E-state index contributed by atoms with van der Waals surface area (Å²) in [7, 11) is 2.22. The van der Waals surface area contributed by atoms with E-state index in [9.17, 15) is 0 Å². The first-order valence-corrected chi connectivity index (χ1v) is 7.56. The van der Waals surface area contributed by atoms with E-state index in [-0.39, 0.29) is 0 Å². The van der Waals surface area contributed by atoms with Crippen molar-refractivity contribution in [2.24, 2.45) is 5.92 Å². The smallest absolute Gasteiger partial charge is 0.155 e. The van der Waals surface area contributed by atoms with Crippen LogP contribution in [-0.4, -0.2) is 70.3 Å². The Hall–Kier alpha value is -1.50. The molecule has 2 saturated heterocycles. The summed E-state index contributed by atoms with van der Waals surface area (Å²) in [6.45, 7) is 6.05. The van der Waals surface area contributed by atoms with Gasteiger partial charge in [-0.15, -0.1) is 0 Å². The largest absolute Gasteiger partial charge is 0.379 e. The van der Waals surface area contributed by atoms with E-state index in [0.29, 0.717) is 12.0 Å². The van der Waals surface area contributed by atoms with Gasteiger partial charge in [-0.05, 0) is 24.7 Å². The maximum absolute atomic E-state index is 5.79. The average Bonchev–Trinajstić information content (AvgIpc) is 2.77. The average molecular weight is 287 g/mol. The van der Waals surface area contributed by atoms with Crippen LogP contribution in [0.4, 0.5) is 0 Å². The van der Waals surface area contributed by atoms with Crippen molar-refractivity contribution in [3.8, 4) is 0 Å². The molecule has 0 radical (unpaired) electrons. The molecule has 4 rings (SSSR count). The zero-order valence-corrected chi connectivity index (χ0v) is 12.4. The third-order valence-electron chi connectivity index (χ3n) is 4.57. The number of rotatable bonds is 2. The van der Waals surface area contributed by atoms with Crippen LogP contribution in [0.25, 0.3) is 5.65 Å². The Morgan fingerprint density at radius 2 is 2.24 bits per heavy atom. The van der Waals surface area contributed by atoms with Crippen molar-refractivity contribution in [2.75, 3.05) is 39.9 Å². The van der Waals surface area contributed by atoms with Gasteiger partial charge in [-0.3, -0.25) is 9.80 Å². The fourth-order valence-corrected chi connectivity index (χ4v) is 3.49. The van der Waals surface area contributed by atoms with Gasteiger partial charge in [0.25, 0.3) is 0 Å². The van der Waals surface area contributed by atoms with Gasteiger partial charge in [0, 0.05) is 44.3 Å². The zero-order chi connectivity index (χ0) is 14.2. The Kier molecular flexibility index (Phi) is 3.37. The molecule has 0 aliphatic carbocycles. The summed E-state index contributed by atoms with van der Waals surface area (Å²) in [5.74, 6) is 0.610. The first-order valence-electron chi connectivity index (χ1n) is 7.56. The summed E-state index contributed by atoms with van der Waals surface area (Å²) in [5.41, 5.74) is 2.22. The van der Waals surface area contributed by atoms with Gasteiger partial charge in [0.2, 0.25) is 0 Å². The molecule has 6 heteroatoms. The molecule has 0 saturated carbocycles. The molecule has 0 amide bonds. The third-order valence-corrected chi connectivity index (χ3v) is 4.57. The highest BCUT2D eigenvalue weighted by atomic mass is 16.5. The summed E-state index contributed by atoms with van der Waals surface area (Å²) in [6.07, 6.45) is 3.59. The zero-order valence-electron chi connectivity index (χ0n) is 12.4. The number of aromatic nitrogens is 3. The van der Waals surface area contributed by atoms with E-state index in [2.05, 4.69) is 39.1 Å². The van der Waals surface area contributed by atoms with Crippen LogP contribution < -0.4 is 0 Å². The van der Waals surface area contributed by atoms with Crippen molar-refractivity contribution < 1.29 is 4.74 Å². The lowest BCUT2D eigenvalue weighted by Gasteiger charge is -2.29. The van der Waals surface area contributed by atoms with Crippen molar-refractivity contribution in [2.45, 2.75) is 12.6 Å². The molecule has 2 aliphatic heterocycles. The highest BCUT2D eigenvalue weighted by Gasteiger charge is 2.31. The Labute approximate surface area is 124 Å². The summed E-state index contributed by atoms with van der Waals surface area (Å²) in [5, 5.41) is 4.15. The molecule has 2 fully saturated rings. The summed E-state index contributed by atoms with van der Waals surface area (Å²) in [6, 6.07) is 4.78. The molecule has 4 heterocycles. The Morgan fingerprint density at radius 1 is 1.29 bits per heavy atom. The predicted molar refractivity (Wildman–Crippen MR) is 79.0 cm³/mol. The van der Waals surface area contributed by atoms with Gasteiger partial charge in [-0.2, -0.15) is 5.10 Å². The first-order chi connectivity index (χ1) is 10.3. The number of fused-ring (bicyclic) bond motifs is 4. The maximum atomic E-state index is 5.79.